The first-order chi connectivity index (χ1) is 14.0. The summed E-state index contributed by atoms with van der Waals surface area (Å²) in [5, 5.41) is 4.29. The lowest BCUT2D eigenvalue weighted by Crippen LogP contribution is -2.50. The van der Waals surface area contributed by atoms with Crippen LogP contribution < -0.4 is 10.8 Å². The number of hydrogen-bond donors (Lipinski definition) is 3. The van der Waals surface area contributed by atoms with Crippen LogP contribution in [0.2, 0.25) is 0 Å². The molecule has 0 spiro atoms. The Morgan fingerprint density at radius 1 is 1.34 bits per heavy atom. The number of nitrogens with one attached hydrogen (secondary N) is 2. The van der Waals surface area contributed by atoms with E-state index >= 15 is 0 Å². The Labute approximate surface area is 170 Å². The summed E-state index contributed by atoms with van der Waals surface area (Å²) < 4.78 is 26.5. The molecule has 0 radical (unpaired) electrons. The molecule has 160 valence electrons. The van der Waals surface area contributed by atoms with Gasteiger partial charge in [0, 0.05) is 38.1 Å². The minimum Gasteiger partial charge on any atom is -0.354 e. The lowest BCUT2D eigenvalue weighted by Gasteiger charge is -2.29. The second-order valence-corrected chi connectivity index (χ2v) is 8.25. The first-order valence-corrected chi connectivity index (χ1v) is 10.7. The van der Waals surface area contributed by atoms with E-state index < -0.39 is 29.3 Å². The SMILES string of the molecule is O=C(NOC[C@@H]1C[C@H](Cn2cccc2)CN1)C1CCC2CN1C(=O)N2OS(=O)O. The molecule has 11 nitrogen and oxygen atoms in total. The Kier molecular flexibility index (Phi) is 6.15. The van der Waals surface area contributed by atoms with Gasteiger partial charge in [-0.15, -0.1) is 4.28 Å². The van der Waals surface area contributed by atoms with Crippen molar-refractivity contribution in [3.05, 3.63) is 24.5 Å². The second kappa shape index (κ2) is 8.79. The maximum Gasteiger partial charge on any atom is 0.346 e. The van der Waals surface area contributed by atoms with Crippen molar-refractivity contribution in [2.45, 2.75) is 43.9 Å². The molecule has 3 unspecified atom stereocenters. The normalized spacial score (nSPS) is 30.0. The Balaban J connectivity index is 1.20. The third-order valence-electron chi connectivity index (χ3n) is 5.68. The molecule has 3 saturated heterocycles. The van der Waals surface area contributed by atoms with Crippen LogP contribution in [0.25, 0.3) is 0 Å². The summed E-state index contributed by atoms with van der Waals surface area (Å²) >= 11 is -2.58. The summed E-state index contributed by atoms with van der Waals surface area (Å²) in [5.41, 5.74) is 2.45. The van der Waals surface area contributed by atoms with Gasteiger partial charge in [0.05, 0.1) is 12.6 Å². The van der Waals surface area contributed by atoms with Gasteiger partial charge in [0.1, 0.15) is 6.04 Å². The summed E-state index contributed by atoms with van der Waals surface area (Å²) in [6.45, 7) is 2.46. The van der Waals surface area contributed by atoms with Crippen LogP contribution >= 0.6 is 0 Å². The quantitative estimate of drug-likeness (QED) is 0.389. The molecule has 0 aromatic carbocycles. The fourth-order valence-electron chi connectivity index (χ4n) is 4.31. The van der Waals surface area contributed by atoms with Crippen molar-refractivity contribution in [1.29, 1.82) is 0 Å². The molecular formula is C17H25N5O6S. The molecule has 0 aliphatic carbocycles. The number of amides is 3. The average molecular weight is 427 g/mol. The van der Waals surface area contributed by atoms with Crippen molar-refractivity contribution < 1.29 is 27.5 Å². The molecule has 3 aliphatic rings. The van der Waals surface area contributed by atoms with E-state index in [4.69, 9.17) is 9.39 Å². The van der Waals surface area contributed by atoms with Crippen molar-refractivity contribution in [2.24, 2.45) is 5.92 Å². The van der Waals surface area contributed by atoms with Crippen LogP contribution in [-0.4, -0.2) is 73.1 Å². The van der Waals surface area contributed by atoms with Crippen molar-refractivity contribution in [2.75, 3.05) is 19.7 Å². The highest BCUT2D eigenvalue weighted by Crippen LogP contribution is 2.30. The first kappa shape index (κ1) is 20.3. The van der Waals surface area contributed by atoms with Crippen LogP contribution in [0, 0.1) is 5.92 Å². The Morgan fingerprint density at radius 2 is 2.14 bits per heavy atom. The zero-order valence-electron chi connectivity index (χ0n) is 15.8. The highest BCUT2D eigenvalue weighted by Gasteiger charge is 2.48. The number of carbonyl (C=O) groups excluding carboxylic acids is 2. The molecule has 12 heteroatoms. The van der Waals surface area contributed by atoms with Crippen molar-refractivity contribution in [3.8, 4) is 0 Å². The molecule has 3 N–H and O–H groups in total. The van der Waals surface area contributed by atoms with Crippen LogP contribution in [0.3, 0.4) is 0 Å². The summed E-state index contributed by atoms with van der Waals surface area (Å²) in [6.07, 6.45) is 5.98. The fraction of sp³-hybridized carbons (Fsp3) is 0.647. The lowest BCUT2D eigenvalue weighted by atomic mass is 10.0. The molecule has 0 saturated carbocycles. The van der Waals surface area contributed by atoms with E-state index in [9.17, 15) is 13.8 Å². The van der Waals surface area contributed by atoms with Gasteiger partial charge in [-0.05, 0) is 37.3 Å². The van der Waals surface area contributed by atoms with Gasteiger partial charge in [-0.3, -0.25) is 14.2 Å². The van der Waals surface area contributed by atoms with Crippen LogP contribution in [0.15, 0.2) is 24.5 Å². The third kappa shape index (κ3) is 4.61. The first-order valence-electron chi connectivity index (χ1n) is 9.66. The number of nitrogens with zero attached hydrogens (tertiary/aromatic N) is 3. The second-order valence-electron chi connectivity index (χ2n) is 7.66. The van der Waals surface area contributed by atoms with Gasteiger partial charge < -0.3 is 14.8 Å². The zero-order chi connectivity index (χ0) is 20.4. The van der Waals surface area contributed by atoms with Crippen molar-refractivity contribution >= 4 is 23.3 Å². The average Bonchev–Trinajstić information content (AvgIpc) is 3.41. The van der Waals surface area contributed by atoms with Gasteiger partial charge in [0.25, 0.3) is 5.91 Å². The molecule has 1 aromatic heterocycles. The van der Waals surface area contributed by atoms with E-state index in [1.807, 2.05) is 24.5 Å². The predicted molar refractivity (Wildman–Crippen MR) is 101 cm³/mol. The topological polar surface area (TPSA) is 125 Å². The van der Waals surface area contributed by atoms with Crippen LogP contribution in [0.4, 0.5) is 4.79 Å². The summed E-state index contributed by atoms with van der Waals surface area (Å²) in [7, 11) is 0. The van der Waals surface area contributed by atoms with Gasteiger partial charge >= 0.3 is 17.4 Å². The summed E-state index contributed by atoms with van der Waals surface area (Å²) in [4.78, 5) is 31.6. The Bertz CT molecular complexity index is 762. The van der Waals surface area contributed by atoms with E-state index in [1.165, 1.54) is 4.90 Å². The number of rotatable bonds is 8. The third-order valence-corrected chi connectivity index (χ3v) is 5.96. The number of urea groups is 1. The largest absolute Gasteiger partial charge is 0.354 e. The molecule has 1 aromatic rings. The number of carbonyl (C=O) groups is 2. The maximum atomic E-state index is 12.5. The number of hydroxylamine groups is 3. The minimum atomic E-state index is -2.58. The molecular weight excluding hydrogens is 402 g/mol. The van der Waals surface area contributed by atoms with Gasteiger partial charge in [0.15, 0.2) is 0 Å². The van der Waals surface area contributed by atoms with Crippen LogP contribution in [-0.2, 0) is 31.8 Å². The van der Waals surface area contributed by atoms with E-state index in [0.29, 0.717) is 25.4 Å². The molecule has 5 atom stereocenters. The Hall–Kier alpha value is -1.99. The van der Waals surface area contributed by atoms with E-state index in [-0.39, 0.29) is 18.6 Å². The van der Waals surface area contributed by atoms with Gasteiger partial charge in [0.2, 0.25) is 0 Å². The molecule has 3 amide bonds. The predicted octanol–water partition coefficient (Wildman–Crippen LogP) is -0.149. The molecule has 29 heavy (non-hydrogen) atoms. The number of piperidine rings is 1. The standard InChI is InChI=1S/C17H25N5O6S/c23-16(15-4-3-14-10-21(15)17(24)22(14)28-29(25)26)19-27-11-13-7-12(8-18-13)9-20-5-1-2-6-20/h1-2,5-6,12-15,18H,3-4,7-11H2,(H,19,23)(H,25,26)/t12-,13-,14?,15?/m0/s1. The monoisotopic (exact) mass is 427 g/mol. The summed E-state index contributed by atoms with van der Waals surface area (Å²) in [6, 6.07) is 2.57. The molecule has 3 fully saturated rings. The summed E-state index contributed by atoms with van der Waals surface area (Å²) in [5.74, 6) is 0.109. The van der Waals surface area contributed by atoms with Gasteiger partial charge in [-0.2, -0.15) is 9.27 Å². The molecule has 3 aliphatic heterocycles. The van der Waals surface area contributed by atoms with Crippen molar-refractivity contribution in [1.82, 2.24) is 25.3 Å². The molecule has 4 rings (SSSR count). The number of hydrogen-bond acceptors (Lipinski definition) is 6. The highest BCUT2D eigenvalue weighted by molar-refractivity contribution is 7.74. The van der Waals surface area contributed by atoms with E-state index in [0.717, 1.165) is 24.6 Å². The highest BCUT2D eigenvalue weighted by atomic mass is 32.2. The Morgan fingerprint density at radius 3 is 2.90 bits per heavy atom. The maximum absolute atomic E-state index is 12.5. The van der Waals surface area contributed by atoms with E-state index in [1.54, 1.807) is 0 Å². The van der Waals surface area contributed by atoms with E-state index in [2.05, 4.69) is 19.6 Å². The molecule has 4 heterocycles. The lowest BCUT2D eigenvalue weighted by molar-refractivity contribution is -0.139. The fourth-order valence-corrected chi connectivity index (χ4v) is 4.63. The van der Waals surface area contributed by atoms with Gasteiger partial charge in [-0.25, -0.2) is 10.3 Å². The van der Waals surface area contributed by atoms with Gasteiger partial charge in [-0.1, -0.05) is 0 Å². The number of fused-ring (bicyclic) bond motifs is 2. The minimum absolute atomic E-state index is 0.156. The smallest absolute Gasteiger partial charge is 0.346 e. The number of aromatic nitrogens is 1. The molecule has 2 bridgehead atoms. The van der Waals surface area contributed by atoms with Crippen LogP contribution in [0.1, 0.15) is 19.3 Å². The van der Waals surface area contributed by atoms with Crippen molar-refractivity contribution in [3.63, 3.8) is 0 Å². The van der Waals surface area contributed by atoms with Crippen LogP contribution in [0.5, 0.6) is 0 Å². The zero-order valence-corrected chi connectivity index (χ0v) is 16.6.